The standard InChI is InChI=1S/C26H26Cl2N4O4S/c1-12-18(24(28)31(2)30-12)21-20(23(33)16-9-10-17(27)37-16)19(14-5-4-6-15(11-14)36-3)22(25(29)34)32(21)26(35)13-7-8-13/h4-6,9-11,13,19-22H,7-8H2,1-3H3,(H2,29,34). The highest BCUT2D eigenvalue weighted by atomic mass is 35.5. The van der Waals surface area contributed by atoms with Crippen molar-refractivity contribution in [2.45, 2.75) is 37.8 Å². The topological polar surface area (TPSA) is 108 Å². The van der Waals surface area contributed by atoms with Gasteiger partial charge in [-0.25, -0.2) is 0 Å². The first-order chi connectivity index (χ1) is 17.6. The number of Topliss-reactive ketones (excluding diaryl/α,β-unsaturated/α-hetero) is 1. The number of rotatable bonds is 7. The number of carbonyl (C=O) groups excluding carboxylic acids is 3. The summed E-state index contributed by atoms with van der Waals surface area (Å²) in [5.74, 6) is -2.43. The summed E-state index contributed by atoms with van der Waals surface area (Å²) in [6, 6.07) is 8.56. The quantitative estimate of drug-likeness (QED) is 0.427. The Morgan fingerprint density at radius 1 is 1.16 bits per heavy atom. The minimum absolute atomic E-state index is 0.208. The number of methoxy groups -OCH3 is 1. The van der Waals surface area contributed by atoms with Crippen LogP contribution in [0.5, 0.6) is 5.75 Å². The number of nitrogens with zero attached hydrogens (tertiary/aromatic N) is 3. The van der Waals surface area contributed by atoms with Gasteiger partial charge in [0.25, 0.3) is 0 Å². The number of benzene rings is 1. The highest BCUT2D eigenvalue weighted by Gasteiger charge is 2.59. The monoisotopic (exact) mass is 560 g/mol. The van der Waals surface area contributed by atoms with Crippen molar-refractivity contribution in [1.29, 1.82) is 0 Å². The molecule has 0 bridgehead atoms. The fraction of sp³-hybridized carbons (Fsp3) is 0.385. The Bertz CT molecular complexity index is 1400. The molecule has 3 aromatic rings. The molecule has 0 radical (unpaired) electrons. The van der Waals surface area contributed by atoms with Crippen LogP contribution in [0.15, 0.2) is 36.4 Å². The molecular formula is C26H26Cl2N4O4S. The van der Waals surface area contributed by atoms with E-state index in [-0.39, 0.29) is 17.6 Å². The van der Waals surface area contributed by atoms with E-state index in [2.05, 4.69) is 5.10 Å². The van der Waals surface area contributed by atoms with Crippen LogP contribution >= 0.6 is 34.5 Å². The van der Waals surface area contributed by atoms with E-state index in [4.69, 9.17) is 33.7 Å². The number of aromatic nitrogens is 2. The number of ketones is 1. The molecule has 1 saturated heterocycles. The van der Waals surface area contributed by atoms with E-state index in [1.54, 1.807) is 51.4 Å². The van der Waals surface area contributed by atoms with Gasteiger partial charge in [-0.1, -0.05) is 35.3 Å². The summed E-state index contributed by atoms with van der Waals surface area (Å²) in [7, 11) is 3.24. The molecule has 1 saturated carbocycles. The van der Waals surface area contributed by atoms with Crippen molar-refractivity contribution in [1.82, 2.24) is 14.7 Å². The van der Waals surface area contributed by atoms with E-state index in [9.17, 15) is 14.4 Å². The lowest BCUT2D eigenvalue weighted by molar-refractivity contribution is -0.140. The number of hydrogen-bond acceptors (Lipinski definition) is 6. The maximum atomic E-state index is 14.3. The van der Waals surface area contributed by atoms with Crippen LogP contribution in [-0.4, -0.2) is 45.4 Å². The van der Waals surface area contributed by atoms with Crippen molar-refractivity contribution >= 4 is 52.1 Å². The first-order valence-corrected chi connectivity index (χ1v) is 13.4. The summed E-state index contributed by atoms with van der Waals surface area (Å²) in [5.41, 5.74) is 7.80. The van der Waals surface area contributed by atoms with E-state index >= 15 is 0 Å². The Morgan fingerprint density at radius 2 is 1.89 bits per heavy atom. The second-order valence-electron chi connectivity index (χ2n) is 9.52. The van der Waals surface area contributed by atoms with Gasteiger partial charge in [0.05, 0.1) is 34.0 Å². The average Bonchev–Trinajstić information content (AvgIpc) is 3.46. The number of thiophene rings is 1. The Morgan fingerprint density at radius 3 is 2.43 bits per heavy atom. The number of nitrogens with two attached hydrogens (primary N) is 1. The minimum Gasteiger partial charge on any atom is -0.497 e. The molecule has 1 aromatic carbocycles. The summed E-state index contributed by atoms with van der Waals surface area (Å²) in [6.07, 6.45) is 1.44. The van der Waals surface area contributed by atoms with E-state index in [0.29, 0.717) is 36.9 Å². The molecule has 8 nitrogen and oxygen atoms in total. The number of aryl methyl sites for hydroxylation is 2. The van der Waals surface area contributed by atoms with Gasteiger partial charge in [-0.2, -0.15) is 5.10 Å². The smallest absolute Gasteiger partial charge is 0.240 e. The van der Waals surface area contributed by atoms with Gasteiger partial charge in [0.2, 0.25) is 11.8 Å². The van der Waals surface area contributed by atoms with Crippen LogP contribution in [0.3, 0.4) is 0 Å². The minimum atomic E-state index is -1.08. The normalized spacial score (nSPS) is 23.3. The zero-order chi connectivity index (χ0) is 26.6. The second kappa shape index (κ2) is 9.78. The molecule has 5 rings (SSSR count). The third-order valence-corrected chi connectivity index (χ3v) is 8.92. The van der Waals surface area contributed by atoms with Gasteiger partial charge < -0.3 is 15.4 Å². The molecule has 2 fully saturated rings. The Balaban J connectivity index is 1.79. The van der Waals surface area contributed by atoms with Crippen LogP contribution in [0.25, 0.3) is 0 Å². The molecule has 4 unspecified atom stereocenters. The van der Waals surface area contributed by atoms with Crippen LogP contribution in [-0.2, 0) is 16.6 Å². The number of ether oxygens (including phenoxy) is 1. The molecule has 2 N–H and O–H groups in total. The summed E-state index contributed by atoms with van der Waals surface area (Å²) < 4.78 is 7.41. The van der Waals surface area contributed by atoms with E-state index in [1.807, 2.05) is 6.07 Å². The van der Waals surface area contributed by atoms with Gasteiger partial charge in [-0.15, -0.1) is 11.3 Å². The summed E-state index contributed by atoms with van der Waals surface area (Å²) >= 11 is 14.1. The van der Waals surface area contributed by atoms with Gasteiger partial charge in [-0.3, -0.25) is 19.1 Å². The van der Waals surface area contributed by atoms with E-state index in [0.717, 1.165) is 24.2 Å². The molecule has 194 valence electrons. The fourth-order valence-electron chi connectivity index (χ4n) is 5.50. The van der Waals surface area contributed by atoms with E-state index in [1.165, 1.54) is 9.58 Å². The van der Waals surface area contributed by atoms with Gasteiger partial charge in [-0.05, 0) is 49.6 Å². The highest BCUT2D eigenvalue weighted by Crippen LogP contribution is 2.55. The molecule has 37 heavy (non-hydrogen) atoms. The molecule has 2 aromatic heterocycles. The fourth-order valence-corrected chi connectivity index (χ4v) is 6.82. The molecule has 1 aliphatic carbocycles. The van der Waals surface area contributed by atoms with Crippen LogP contribution in [0.1, 0.15) is 51.3 Å². The molecule has 1 aliphatic heterocycles. The van der Waals surface area contributed by atoms with Crippen molar-refractivity contribution in [3.63, 3.8) is 0 Å². The average molecular weight is 561 g/mol. The number of halogens is 2. The van der Waals surface area contributed by atoms with Crippen LogP contribution < -0.4 is 10.5 Å². The Kier molecular flexibility index (Phi) is 6.81. The molecule has 3 heterocycles. The SMILES string of the molecule is COc1cccc(C2C(C(=O)c3ccc(Cl)s3)C(c3c(C)nn(C)c3Cl)N(C(=O)C3CC3)C2C(N)=O)c1. The molecule has 11 heteroatoms. The maximum absolute atomic E-state index is 14.3. The van der Waals surface area contributed by atoms with Crippen molar-refractivity contribution < 1.29 is 19.1 Å². The third-order valence-electron chi connectivity index (χ3n) is 7.23. The van der Waals surface area contributed by atoms with E-state index < -0.39 is 29.8 Å². The van der Waals surface area contributed by atoms with Crippen LogP contribution in [0.2, 0.25) is 9.49 Å². The number of carbonyl (C=O) groups is 3. The van der Waals surface area contributed by atoms with Gasteiger partial charge >= 0.3 is 0 Å². The second-order valence-corrected chi connectivity index (χ2v) is 11.6. The molecule has 4 atom stereocenters. The summed E-state index contributed by atoms with van der Waals surface area (Å²) in [5, 5.41) is 4.75. The third kappa shape index (κ3) is 4.43. The van der Waals surface area contributed by atoms with Crippen molar-refractivity contribution in [3.05, 3.63) is 67.6 Å². The summed E-state index contributed by atoms with van der Waals surface area (Å²) in [4.78, 5) is 43.2. The molecule has 0 spiro atoms. The zero-order valence-electron chi connectivity index (χ0n) is 20.5. The Labute approximate surface area is 228 Å². The lowest BCUT2D eigenvalue weighted by atomic mass is 9.77. The number of hydrogen-bond donors (Lipinski definition) is 1. The molecule has 2 aliphatic rings. The Hall–Kier alpha value is -2.88. The number of primary amides is 1. The number of amides is 2. The van der Waals surface area contributed by atoms with Crippen molar-refractivity contribution in [2.24, 2.45) is 24.6 Å². The molecule has 2 amide bonds. The van der Waals surface area contributed by atoms with Gasteiger partial charge in [0, 0.05) is 24.4 Å². The first-order valence-electron chi connectivity index (χ1n) is 11.9. The van der Waals surface area contributed by atoms with Gasteiger partial charge in [0.1, 0.15) is 16.9 Å². The lowest BCUT2D eigenvalue weighted by Gasteiger charge is -2.30. The summed E-state index contributed by atoms with van der Waals surface area (Å²) in [6.45, 7) is 1.78. The number of likely N-dealkylation sites (tertiary alicyclic amines) is 1. The maximum Gasteiger partial charge on any atom is 0.240 e. The van der Waals surface area contributed by atoms with Crippen LogP contribution in [0.4, 0.5) is 0 Å². The first kappa shape index (κ1) is 25.8. The van der Waals surface area contributed by atoms with Crippen molar-refractivity contribution in [2.75, 3.05) is 7.11 Å². The lowest BCUT2D eigenvalue weighted by Crippen LogP contribution is -2.47. The zero-order valence-corrected chi connectivity index (χ0v) is 22.8. The van der Waals surface area contributed by atoms with Crippen molar-refractivity contribution in [3.8, 4) is 5.75 Å². The largest absolute Gasteiger partial charge is 0.497 e. The van der Waals surface area contributed by atoms with Crippen LogP contribution in [0, 0.1) is 18.8 Å². The predicted octanol–water partition coefficient (Wildman–Crippen LogP) is 4.54. The van der Waals surface area contributed by atoms with Gasteiger partial charge in [0.15, 0.2) is 5.78 Å². The predicted molar refractivity (Wildman–Crippen MR) is 141 cm³/mol. The highest BCUT2D eigenvalue weighted by molar-refractivity contribution is 7.18. The molecular weight excluding hydrogens is 535 g/mol.